The Labute approximate surface area is 177 Å². The zero-order valence-electron chi connectivity index (χ0n) is 16.9. The van der Waals surface area contributed by atoms with E-state index in [4.69, 9.17) is 10.00 Å². The van der Waals surface area contributed by atoms with Crippen LogP contribution in [0.4, 0.5) is 36.3 Å². The lowest BCUT2D eigenvalue weighted by Crippen LogP contribution is -2.13. The molecule has 2 aromatic carbocycles. The first-order chi connectivity index (χ1) is 14.8. The fourth-order valence-corrected chi connectivity index (χ4v) is 2.58. The molecule has 0 atom stereocenters. The van der Waals surface area contributed by atoms with Gasteiger partial charge in [0, 0.05) is 11.9 Å². The first-order valence-corrected chi connectivity index (χ1v) is 9.46. The van der Waals surface area contributed by atoms with Gasteiger partial charge >= 0.3 is 6.18 Å². The molecule has 160 valence electrons. The Morgan fingerprint density at radius 2 is 1.77 bits per heavy atom. The molecule has 0 aliphatic carbocycles. The summed E-state index contributed by atoms with van der Waals surface area (Å²) in [6.07, 6.45) is -3.93. The molecule has 9 heteroatoms. The van der Waals surface area contributed by atoms with Crippen LogP contribution in [0.5, 0.6) is 5.75 Å². The monoisotopic (exact) mass is 427 g/mol. The van der Waals surface area contributed by atoms with E-state index in [2.05, 4.69) is 20.6 Å². The Balaban J connectivity index is 1.92. The number of nitriles is 1. The van der Waals surface area contributed by atoms with Gasteiger partial charge in [0.1, 0.15) is 17.1 Å². The number of hydrogen-bond acceptors (Lipinski definition) is 6. The van der Waals surface area contributed by atoms with E-state index in [1.54, 1.807) is 48.5 Å². The van der Waals surface area contributed by atoms with E-state index in [1.165, 1.54) is 0 Å². The maximum absolute atomic E-state index is 13.5. The molecule has 3 aromatic rings. The minimum atomic E-state index is -4.65. The van der Waals surface area contributed by atoms with Gasteiger partial charge in [0.05, 0.1) is 23.9 Å². The van der Waals surface area contributed by atoms with Crippen LogP contribution < -0.4 is 15.4 Å². The van der Waals surface area contributed by atoms with Gasteiger partial charge < -0.3 is 15.4 Å². The standard InChI is InChI=1S/C22H20F3N5O/c1-14(2)13-31-19-6-4-3-5-18(19)29-20-17(22(23,24)25)12-27-21(30-20)28-16-9-7-15(11-26)8-10-16/h3-10,12,14H,13H2,1-2H3,(H2,27,28,29,30). The summed E-state index contributed by atoms with van der Waals surface area (Å²) in [5.41, 5.74) is 0.345. The van der Waals surface area contributed by atoms with Crippen molar-refractivity contribution in [2.75, 3.05) is 17.2 Å². The van der Waals surface area contributed by atoms with Gasteiger partial charge in [0.2, 0.25) is 5.95 Å². The number of benzene rings is 2. The van der Waals surface area contributed by atoms with Crippen LogP contribution in [0.3, 0.4) is 0 Å². The van der Waals surface area contributed by atoms with E-state index in [1.807, 2.05) is 19.9 Å². The Kier molecular flexibility index (Phi) is 6.60. The predicted octanol–water partition coefficient (Wildman–Crippen LogP) is 5.89. The summed E-state index contributed by atoms with van der Waals surface area (Å²) in [6.45, 7) is 4.37. The summed E-state index contributed by atoms with van der Waals surface area (Å²) in [4.78, 5) is 7.82. The third kappa shape index (κ3) is 5.85. The second-order valence-electron chi connectivity index (χ2n) is 7.09. The highest BCUT2D eigenvalue weighted by atomic mass is 19.4. The molecule has 0 radical (unpaired) electrons. The first kappa shape index (κ1) is 21.9. The number of nitrogens with zero attached hydrogens (tertiary/aromatic N) is 3. The fraction of sp³-hybridized carbons (Fsp3) is 0.227. The van der Waals surface area contributed by atoms with Crippen LogP contribution >= 0.6 is 0 Å². The number of rotatable bonds is 7. The molecule has 0 spiro atoms. The molecule has 0 fully saturated rings. The van der Waals surface area contributed by atoms with Crippen molar-refractivity contribution in [1.82, 2.24) is 9.97 Å². The van der Waals surface area contributed by atoms with Crippen molar-refractivity contribution < 1.29 is 17.9 Å². The zero-order chi connectivity index (χ0) is 22.4. The summed E-state index contributed by atoms with van der Waals surface area (Å²) in [7, 11) is 0. The second-order valence-corrected chi connectivity index (χ2v) is 7.09. The van der Waals surface area contributed by atoms with E-state index in [-0.39, 0.29) is 11.9 Å². The molecule has 0 aliphatic rings. The normalized spacial score (nSPS) is 11.1. The van der Waals surface area contributed by atoms with Gasteiger partial charge in [0.25, 0.3) is 0 Å². The van der Waals surface area contributed by atoms with Crippen molar-refractivity contribution in [2.24, 2.45) is 5.92 Å². The van der Waals surface area contributed by atoms with Crippen molar-refractivity contribution in [3.05, 3.63) is 65.9 Å². The molecule has 1 aromatic heterocycles. The zero-order valence-corrected chi connectivity index (χ0v) is 16.9. The maximum atomic E-state index is 13.5. The van der Waals surface area contributed by atoms with Gasteiger partial charge in [0.15, 0.2) is 0 Å². The number of halogens is 3. The van der Waals surface area contributed by atoms with Crippen molar-refractivity contribution in [3.8, 4) is 11.8 Å². The van der Waals surface area contributed by atoms with Gasteiger partial charge in [-0.25, -0.2) is 4.98 Å². The van der Waals surface area contributed by atoms with Gasteiger partial charge in [-0.1, -0.05) is 26.0 Å². The van der Waals surface area contributed by atoms with Crippen molar-refractivity contribution in [1.29, 1.82) is 5.26 Å². The van der Waals surface area contributed by atoms with E-state index < -0.39 is 17.6 Å². The van der Waals surface area contributed by atoms with Gasteiger partial charge in [-0.05, 0) is 42.3 Å². The van der Waals surface area contributed by atoms with Gasteiger partial charge in [-0.15, -0.1) is 0 Å². The number of aromatic nitrogens is 2. The van der Waals surface area contributed by atoms with E-state index in [0.29, 0.717) is 29.3 Å². The fourth-order valence-electron chi connectivity index (χ4n) is 2.58. The summed E-state index contributed by atoms with van der Waals surface area (Å²) >= 11 is 0. The highest BCUT2D eigenvalue weighted by molar-refractivity contribution is 5.67. The summed E-state index contributed by atoms with van der Waals surface area (Å²) in [5.74, 6) is 0.241. The second kappa shape index (κ2) is 9.34. The van der Waals surface area contributed by atoms with Crippen LogP contribution in [0.15, 0.2) is 54.7 Å². The van der Waals surface area contributed by atoms with Crippen LogP contribution in [0.1, 0.15) is 25.0 Å². The average Bonchev–Trinajstić information content (AvgIpc) is 2.73. The molecule has 0 saturated heterocycles. The van der Waals surface area contributed by atoms with Crippen molar-refractivity contribution in [2.45, 2.75) is 20.0 Å². The highest BCUT2D eigenvalue weighted by Gasteiger charge is 2.35. The molecule has 2 N–H and O–H groups in total. The lowest BCUT2D eigenvalue weighted by Gasteiger charge is -2.17. The number of nitrogens with one attached hydrogen (secondary N) is 2. The molecular formula is C22H20F3N5O. The highest BCUT2D eigenvalue weighted by Crippen LogP contribution is 2.37. The molecule has 0 unspecified atom stereocenters. The number of alkyl halides is 3. The Morgan fingerprint density at radius 1 is 1.06 bits per heavy atom. The molecule has 0 amide bonds. The van der Waals surface area contributed by atoms with E-state index in [0.717, 1.165) is 6.20 Å². The van der Waals surface area contributed by atoms with Crippen LogP contribution in [0.2, 0.25) is 0 Å². The molecule has 6 nitrogen and oxygen atoms in total. The third-order valence-corrected chi connectivity index (χ3v) is 4.08. The minimum absolute atomic E-state index is 0.0270. The lowest BCUT2D eigenvalue weighted by molar-refractivity contribution is -0.137. The summed E-state index contributed by atoms with van der Waals surface area (Å²) in [5, 5.41) is 14.5. The molecule has 3 rings (SSSR count). The molecule has 31 heavy (non-hydrogen) atoms. The number of anilines is 4. The smallest absolute Gasteiger partial charge is 0.421 e. The van der Waals surface area contributed by atoms with E-state index >= 15 is 0 Å². The van der Waals surface area contributed by atoms with Crippen LogP contribution in [0.25, 0.3) is 0 Å². The Hall–Kier alpha value is -3.80. The first-order valence-electron chi connectivity index (χ1n) is 9.46. The molecule has 0 aliphatic heterocycles. The minimum Gasteiger partial charge on any atom is -0.491 e. The van der Waals surface area contributed by atoms with Crippen LogP contribution in [-0.2, 0) is 6.18 Å². The number of para-hydroxylation sites is 2. The average molecular weight is 427 g/mol. The molecule has 0 saturated carbocycles. The maximum Gasteiger partial charge on any atom is 0.421 e. The van der Waals surface area contributed by atoms with Crippen molar-refractivity contribution in [3.63, 3.8) is 0 Å². The Morgan fingerprint density at radius 3 is 2.42 bits per heavy atom. The van der Waals surface area contributed by atoms with Crippen molar-refractivity contribution >= 4 is 23.1 Å². The summed E-state index contributed by atoms with van der Waals surface area (Å²) < 4.78 is 46.4. The lowest BCUT2D eigenvalue weighted by atomic mass is 10.2. The number of ether oxygens (including phenoxy) is 1. The van der Waals surface area contributed by atoms with Gasteiger partial charge in [-0.2, -0.15) is 23.4 Å². The SMILES string of the molecule is CC(C)COc1ccccc1Nc1nc(Nc2ccc(C#N)cc2)ncc1C(F)(F)F. The largest absolute Gasteiger partial charge is 0.491 e. The third-order valence-electron chi connectivity index (χ3n) is 4.08. The molecule has 1 heterocycles. The summed E-state index contributed by atoms with van der Waals surface area (Å²) in [6, 6.07) is 15.1. The van der Waals surface area contributed by atoms with Crippen LogP contribution in [0, 0.1) is 17.2 Å². The van der Waals surface area contributed by atoms with Gasteiger partial charge in [-0.3, -0.25) is 0 Å². The van der Waals surface area contributed by atoms with Crippen LogP contribution in [-0.4, -0.2) is 16.6 Å². The Bertz CT molecular complexity index is 1080. The quantitative estimate of drug-likeness (QED) is 0.489. The topological polar surface area (TPSA) is 82.9 Å². The molecule has 0 bridgehead atoms. The molecular weight excluding hydrogens is 407 g/mol. The number of hydrogen-bond donors (Lipinski definition) is 2. The van der Waals surface area contributed by atoms with E-state index in [9.17, 15) is 13.2 Å². The predicted molar refractivity (Wildman–Crippen MR) is 112 cm³/mol.